The second-order valence-electron chi connectivity index (χ2n) is 0.365. The molecule has 0 radical (unpaired) electrons. The van der Waals surface area contributed by atoms with E-state index in [2.05, 4.69) is 50.5 Å². The number of nitrogens with zero attached hydrogens (tertiary/aromatic N) is 4. The Morgan fingerprint density at radius 2 is 0.538 bits per heavy atom. The molecule has 0 aromatic carbocycles. The quantitative estimate of drug-likeness (QED) is 0.347. The van der Waals surface area contributed by atoms with Crippen molar-refractivity contribution in [1.82, 2.24) is 0 Å². The van der Waals surface area contributed by atoms with Gasteiger partial charge in [-0.1, -0.05) is 21.6 Å². The molecule has 0 bridgehead atoms. The van der Waals surface area contributed by atoms with Gasteiger partial charge in [0.2, 0.25) is 0 Å². The first-order valence-corrected chi connectivity index (χ1v) is 3.34. The van der Waals surface area contributed by atoms with Gasteiger partial charge in [0.1, 0.15) is 0 Å². The van der Waals surface area contributed by atoms with Gasteiger partial charge in [-0.15, -0.1) is 0 Å². The van der Waals surface area contributed by atoms with E-state index in [4.69, 9.17) is 21.0 Å². The first-order valence-electron chi connectivity index (χ1n) is 1.71. The van der Waals surface area contributed by atoms with Crippen molar-refractivity contribution in [2.24, 2.45) is 0 Å². The number of thiocyanates is 4. The second-order valence-corrected chi connectivity index (χ2v) is 1.10. The summed E-state index contributed by atoms with van der Waals surface area (Å²) >= 11 is 14.8. The van der Waals surface area contributed by atoms with E-state index in [0.717, 1.165) is 0 Å². The van der Waals surface area contributed by atoms with Crippen molar-refractivity contribution in [3.05, 3.63) is 0 Å². The van der Waals surface area contributed by atoms with E-state index in [1.54, 1.807) is 0 Å². The molecular weight excluding hydrogens is 339 g/mol. The molecule has 0 fully saturated rings. The van der Waals surface area contributed by atoms with E-state index in [1.807, 2.05) is 0 Å². The van der Waals surface area contributed by atoms with Crippen molar-refractivity contribution in [3.63, 3.8) is 0 Å². The fraction of sp³-hybridized carbons (Fsp3) is 0. The zero-order chi connectivity index (χ0) is 10.8. The third kappa shape index (κ3) is 4190. The number of hydrogen-bond acceptors (Lipinski definition) is 8. The summed E-state index contributed by atoms with van der Waals surface area (Å²) in [6, 6.07) is 0. The SMILES string of the molecule is N#C[S-].N#C[S-].N#C[S-].N#C[S-].[Pd]. The summed E-state index contributed by atoms with van der Waals surface area (Å²) in [7, 11) is 0. The van der Waals surface area contributed by atoms with Crippen LogP contribution in [0.4, 0.5) is 0 Å². The first kappa shape index (κ1) is 29.4. The normalized spacial score (nSPS) is 2.15. The van der Waals surface area contributed by atoms with E-state index < -0.39 is 0 Å². The largest absolute Gasteiger partial charge is 0.696 e. The molecule has 0 aromatic heterocycles. The Morgan fingerprint density at radius 1 is 0.538 bits per heavy atom. The van der Waals surface area contributed by atoms with Crippen molar-refractivity contribution >= 4 is 50.5 Å². The van der Waals surface area contributed by atoms with Gasteiger partial charge in [-0.2, -0.15) is 0 Å². The molecule has 4 nitrogen and oxygen atoms in total. The van der Waals surface area contributed by atoms with Crippen LogP contribution in [0.3, 0.4) is 0 Å². The van der Waals surface area contributed by atoms with E-state index in [9.17, 15) is 0 Å². The van der Waals surface area contributed by atoms with Gasteiger partial charge in [0.15, 0.2) is 0 Å². The molecular formula is C4N4PdS4-4. The molecule has 0 aromatic rings. The fourth-order valence-corrected chi connectivity index (χ4v) is 0. The Hall–Kier alpha value is -0.498. The Morgan fingerprint density at radius 3 is 0.538 bits per heavy atom. The van der Waals surface area contributed by atoms with E-state index in [1.165, 1.54) is 21.6 Å². The molecule has 0 heterocycles. The fourth-order valence-electron chi connectivity index (χ4n) is 0. The summed E-state index contributed by atoms with van der Waals surface area (Å²) in [5.74, 6) is 0. The van der Waals surface area contributed by atoms with Gasteiger partial charge in [0.25, 0.3) is 0 Å². The van der Waals surface area contributed by atoms with Crippen LogP contribution in [0.25, 0.3) is 0 Å². The summed E-state index contributed by atoms with van der Waals surface area (Å²) in [5, 5.41) is 33.9. The molecule has 0 rings (SSSR count). The minimum atomic E-state index is 0. The Labute approximate surface area is 113 Å². The topological polar surface area (TPSA) is 95.2 Å². The maximum atomic E-state index is 7.13. The molecule has 0 aliphatic heterocycles. The molecule has 0 unspecified atom stereocenters. The minimum absolute atomic E-state index is 0. The van der Waals surface area contributed by atoms with Gasteiger partial charge in [-0.05, 0) is 0 Å². The summed E-state index contributed by atoms with van der Waals surface area (Å²) in [6.07, 6.45) is 0. The van der Waals surface area contributed by atoms with Crippen LogP contribution in [-0.4, -0.2) is 0 Å². The molecule has 0 saturated carbocycles. The summed E-state index contributed by atoms with van der Waals surface area (Å²) < 4.78 is 0. The maximum absolute atomic E-state index is 7.13. The van der Waals surface area contributed by atoms with Crippen LogP contribution in [0, 0.1) is 42.7 Å². The van der Waals surface area contributed by atoms with Crippen molar-refractivity contribution in [1.29, 1.82) is 21.0 Å². The van der Waals surface area contributed by atoms with Crippen LogP contribution in [0.2, 0.25) is 0 Å². The molecule has 0 N–H and O–H groups in total. The summed E-state index contributed by atoms with van der Waals surface area (Å²) in [6.45, 7) is 0. The number of nitriles is 4. The molecule has 13 heavy (non-hydrogen) atoms. The van der Waals surface area contributed by atoms with Crippen LogP contribution in [0.1, 0.15) is 0 Å². The minimum Gasteiger partial charge on any atom is -0.696 e. The van der Waals surface area contributed by atoms with Crippen molar-refractivity contribution in [3.8, 4) is 21.6 Å². The van der Waals surface area contributed by atoms with Crippen molar-refractivity contribution in [2.75, 3.05) is 0 Å². The Balaban J connectivity index is -0.0000000213. The van der Waals surface area contributed by atoms with Crippen LogP contribution >= 0.6 is 0 Å². The Bertz CT molecular complexity index is 158. The van der Waals surface area contributed by atoms with Crippen LogP contribution in [0.15, 0.2) is 0 Å². The molecule has 0 atom stereocenters. The molecule has 74 valence electrons. The van der Waals surface area contributed by atoms with E-state index in [0.29, 0.717) is 0 Å². The van der Waals surface area contributed by atoms with Crippen molar-refractivity contribution in [2.45, 2.75) is 0 Å². The average molecular weight is 339 g/mol. The Kier molecular flexibility index (Phi) is 234. The summed E-state index contributed by atoms with van der Waals surface area (Å²) in [5.41, 5.74) is 0. The summed E-state index contributed by atoms with van der Waals surface area (Å²) in [4.78, 5) is 0. The molecule has 0 saturated heterocycles. The van der Waals surface area contributed by atoms with Gasteiger partial charge < -0.3 is 50.5 Å². The van der Waals surface area contributed by atoms with Crippen molar-refractivity contribution < 1.29 is 20.4 Å². The third-order valence-corrected chi connectivity index (χ3v) is 0. The average Bonchev–Trinajstić information content (AvgIpc) is 1.92. The van der Waals surface area contributed by atoms with E-state index >= 15 is 0 Å². The third-order valence-electron chi connectivity index (χ3n) is 0. The monoisotopic (exact) mass is 338 g/mol. The molecule has 0 amide bonds. The zero-order valence-corrected chi connectivity index (χ0v) is 10.6. The van der Waals surface area contributed by atoms with Gasteiger partial charge in [-0.3, -0.25) is 0 Å². The predicted octanol–water partition coefficient (Wildman–Crippen LogP) is 0.0550. The van der Waals surface area contributed by atoms with Gasteiger partial charge in [-0.25, -0.2) is 21.0 Å². The standard InChI is InChI=1S/4CHNS.Pd/c4*2-1-3;/h4*3H;/p-4. The molecule has 0 aliphatic carbocycles. The van der Waals surface area contributed by atoms with Gasteiger partial charge >= 0.3 is 0 Å². The molecule has 0 spiro atoms. The zero-order valence-electron chi connectivity index (χ0n) is 5.74. The molecule has 9 heteroatoms. The predicted molar refractivity (Wildman–Crippen MR) is 51.9 cm³/mol. The number of rotatable bonds is 0. The smallest absolute Gasteiger partial charge is 0 e. The van der Waals surface area contributed by atoms with Crippen LogP contribution < -0.4 is 0 Å². The molecule has 0 aliphatic rings. The maximum Gasteiger partial charge on any atom is 0 e. The van der Waals surface area contributed by atoms with Gasteiger partial charge in [0, 0.05) is 20.4 Å². The van der Waals surface area contributed by atoms with Crippen LogP contribution in [-0.2, 0) is 70.9 Å². The van der Waals surface area contributed by atoms with E-state index in [-0.39, 0.29) is 20.4 Å². The van der Waals surface area contributed by atoms with Crippen LogP contribution in [0.5, 0.6) is 0 Å². The first-order chi connectivity index (χ1) is 5.66. The second kappa shape index (κ2) is 103. The number of hydrogen-bond donors (Lipinski definition) is 0. The van der Waals surface area contributed by atoms with Gasteiger partial charge in [0.05, 0.1) is 0 Å².